The van der Waals surface area contributed by atoms with Gasteiger partial charge < -0.3 is 10.6 Å². The first-order chi connectivity index (χ1) is 12.7. The number of hydrogen-bond donors (Lipinski definition) is 3. The van der Waals surface area contributed by atoms with Gasteiger partial charge in [-0.25, -0.2) is 4.98 Å². The summed E-state index contributed by atoms with van der Waals surface area (Å²) in [6, 6.07) is 18.1. The van der Waals surface area contributed by atoms with Crippen LogP contribution in [-0.2, 0) is 4.79 Å². The van der Waals surface area contributed by atoms with Gasteiger partial charge in [0.25, 0.3) is 0 Å². The third-order valence-corrected chi connectivity index (χ3v) is 3.78. The molecular weight excluding hydrogens is 328 g/mol. The number of benzene rings is 2. The number of carbonyl (C=O) groups excluding carboxylic acids is 1. The SMILES string of the molecule is Cc1nc([C@@H](NC(=O)CNc2ccc(C#N)cc2)c2ccccc2)n[nH]1. The minimum atomic E-state index is -0.434. The van der Waals surface area contributed by atoms with E-state index in [0.717, 1.165) is 11.3 Å². The quantitative estimate of drug-likeness (QED) is 0.635. The van der Waals surface area contributed by atoms with Crippen LogP contribution < -0.4 is 10.6 Å². The fraction of sp³-hybridized carbons (Fsp3) is 0.158. The zero-order valence-electron chi connectivity index (χ0n) is 14.2. The van der Waals surface area contributed by atoms with Gasteiger partial charge in [0.1, 0.15) is 11.9 Å². The molecule has 1 aromatic heterocycles. The summed E-state index contributed by atoms with van der Waals surface area (Å²) >= 11 is 0. The molecule has 3 N–H and O–H groups in total. The zero-order valence-corrected chi connectivity index (χ0v) is 14.2. The molecule has 1 atom stereocenters. The Hall–Kier alpha value is -3.66. The second-order valence-electron chi connectivity index (χ2n) is 5.73. The summed E-state index contributed by atoms with van der Waals surface area (Å²) in [7, 11) is 0. The minimum Gasteiger partial charge on any atom is -0.376 e. The van der Waals surface area contributed by atoms with E-state index in [-0.39, 0.29) is 12.5 Å². The Morgan fingerprint density at radius 2 is 1.92 bits per heavy atom. The van der Waals surface area contributed by atoms with Gasteiger partial charge in [0.05, 0.1) is 18.2 Å². The predicted molar refractivity (Wildman–Crippen MR) is 97.2 cm³/mol. The van der Waals surface area contributed by atoms with Crippen molar-refractivity contribution in [2.75, 3.05) is 11.9 Å². The number of amides is 1. The molecule has 130 valence electrons. The molecule has 7 nitrogen and oxygen atoms in total. The molecule has 0 aliphatic carbocycles. The molecule has 7 heteroatoms. The average Bonchev–Trinajstić information content (AvgIpc) is 3.11. The lowest BCUT2D eigenvalue weighted by atomic mass is 10.1. The summed E-state index contributed by atoms with van der Waals surface area (Å²) in [6.07, 6.45) is 0. The van der Waals surface area contributed by atoms with Crippen LogP contribution in [0.2, 0.25) is 0 Å². The fourth-order valence-corrected chi connectivity index (χ4v) is 2.49. The molecule has 1 amide bonds. The Labute approximate surface area is 151 Å². The third-order valence-electron chi connectivity index (χ3n) is 3.78. The molecule has 0 spiro atoms. The lowest BCUT2D eigenvalue weighted by Gasteiger charge is -2.17. The van der Waals surface area contributed by atoms with Crippen LogP contribution >= 0.6 is 0 Å². The molecule has 2 aromatic carbocycles. The normalized spacial score (nSPS) is 11.4. The van der Waals surface area contributed by atoms with Crippen LogP contribution in [0.3, 0.4) is 0 Å². The number of anilines is 1. The van der Waals surface area contributed by atoms with Gasteiger partial charge in [-0.15, -0.1) is 0 Å². The number of rotatable bonds is 6. The second kappa shape index (κ2) is 7.94. The number of hydrogen-bond acceptors (Lipinski definition) is 5. The Morgan fingerprint density at radius 1 is 1.19 bits per heavy atom. The number of aryl methyl sites for hydroxylation is 1. The van der Waals surface area contributed by atoms with Crippen LogP contribution in [0.1, 0.15) is 28.8 Å². The Bertz CT molecular complexity index is 911. The number of H-pyrrole nitrogens is 1. The lowest BCUT2D eigenvalue weighted by molar-refractivity contribution is -0.119. The molecule has 0 fully saturated rings. The highest BCUT2D eigenvalue weighted by atomic mass is 16.2. The molecule has 0 radical (unpaired) electrons. The first-order valence-corrected chi connectivity index (χ1v) is 8.13. The van der Waals surface area contributed by atoms with Crippen molar-refractivity contribution in [3.8, 4) is 6.07 Å². The number of aromatic amines is 1. The minimum absolute atomic E-state index is 0.0959. The van der Waals surface area contributed by atoms with Crippen molar-refractivity contribution < 1.29 is 4.79 Å². The molecule has 0 aliphatic rings. The maximum atomic E-state index is 12.4. The van der Waals surface area contributed by atoms with E-state index in [0.29, 0.717) is 17.2 Å². The van der Waals surface area contributed by atoms with Crippen molar-refractivity contribution >= 4 is 11.6 Å². The van der Waals surface area contributed by atoms with Crippen molar-refractivity contribution in [3.05, 3.63) is 77.4 Å². The van der Waals surface area contributed by atoms with Gasteiger partial charge in [0, 0.05) is 5.69 Å². The molecule has 1 heterocycles. The van der Waals surface area contributed by atoms with Crippen LogP contribution in [0, 0.1) is 18.3 Å². The number of nitrogens with zero attached hydrogens (tertiary/aromatic N) is 3. The van der Waals surface area contributed by atoms with Crippen molar-refractivity contribution in [1.29, 1.82) is 5.26 Å². The van der Waals surface area contributed by atoms with Crippen molar-refractivity contribution in [2.45, 2.75) is 13.0 Å². The van der Waals surface area contributed by atoms with Crippen LogP contribution in [0.15, 0.2) is 54.6 Å². The van der Waals surface area contributed by atoms with Crippen LogP contribution in [0.5, 0.6) is 0 Å². The average molecular weight is 346 g/mol. The molecule has 0 saturated heterocycles. The van der Waals surface area contributed by atoms with Crippen LogP contribution in [0.4, 0.5) is 5.69 Å². The van der Waals surface area contributed by atoms with Gasteiger partial charge >= 0.3 is 0 Å². The van der Waals surface area contributed by atoms with E-state index < -0.39 is 6.04 Å². The van der Waals surface area contributed by atoms with Crippen molar-refractivity contribution in [2.24, 2.45) is 0 Å². The Kier molecular flexibility index (Phi) is 5.25. The van der Waals surface area contributed by atoms with Crippen molar-refractivity contribution in [3.63, 3.8) is 0 Å². The highest BCUT2D eigenvalue weighted by molar-refractivity contribution is 5.81. The maximum absolute atomic E-state index is 12.4. The molecule has 0 unspecified atom stereocenters. The molecule has 0 saturated carbocycles. The molecule has 3 aromatic rings. The van der Waals surface area contributed by atoms with Gasteiger partial charge in [-0.3, -0.25) is 9.89 Å². The fourth-order valence-electron chi connectivity index (χ4n) is 2.49. The molecule has 0 aliphatic heterocycles. The van der Waals surface area contributed by atoms with E-state index in [4.69, 9.17) is 5.26 Å². The highest BCUT2D eigenvalue weighted by Gasteiger charge is 2.20. The summed E-state index contributed by atoms with van der Waals surface area (Å²) in [6.45, 7) is 1.91. The first-order valence-electron chi connectivity index (χ1n) is 8.13. The zero-order chi connectivity index (χ0) is 18.4. The molecule has 3 rings (SSSR count). The van der Waals surface area contributed by atoms with Gasteiger partial charge in [0.2, 0.25) is 5.91 Å². The summed E-state index contributed by atoms with van der Waals surface area (Å²) in [4.78, 5) is 16.8. The summed E-state index contributed by atoms with van der Waals surface area (Å²) in [5.74, 6) is 1.01. The van der Waals surface area contributed by atoms with Gasteiger partial charge in [0.15, 0.2) is 5.82 Å². The topological polar surface area (TPSA) is 106 Å². The van der Waals surface area contributed by atoms with Crippen LogP contribution in [-0.4, -0.2) is 27.6 Å². The Balaban J connectivity index is 1.68. The van der Waals surface area contributed by atoms with Gasteiger partial charge in [-0.2, -0.15) is 10.4 Å². The molecule has 0 bridgehead atoms. The van der Waals surface area contributed by atoms with Crippen molar-refractivity contribution in [1.82, 2.24) is 20.5 Å². The Morgan fingerprint density at radius 3 is 2.54 bits per heavy atom. The summed E-state index contributed by atoms with van der Waals surface area (Å²) in [5.41, 5.74) is 2.24. The third kappa shape index (κ3) is 4.24. The number of carbonyl (C=O) groups is 1. The predicted octanol–water partition coefficient (Wildman–Crippen LogP) is 2.30. The van der Waals surface area contributed by atoms with Crippen LogP contribution in [0.25, 0.3) is 0 Å². The summed E-state index contributed by atoms with van der Waals surface area (Å²) in [5, 5.41) is 21.8. The maximum Gasteiger partial charge on any atom is 0.240 e. The second-order valence-corrected chi connectivity index (χ2v) is 5.73. The highest BCUT2D eigenvalue weighted by Crippen LogP contribution is 2.18. The van der Waals surface area contributed by atoms with E-state index in [1.54, 1.807) is 24.3 Å². The smallest absolute Gasteiger partial charge is 0.240 e. The number of nitriles is 1. The van der Waals surface area contributed by atoms with E-state index in [9.17, 15) is 4.79 Å². The molecular formula is C19H18N6O. The van der Waals surface area contributed by atoms with E-state index in [2.05, 4.69) is 31.9 Å². The largest absolute Gasteiger partial charge is 0.376 e. The summed E-state index contributed by atoms with van der Waals surface area (Å²) < 4.78 is 0. The molecule has 26 heavy (non-hydrogen) atoms. The number of nitrogens with one attached hydrogen (secondary N) is 3. The lowest BCUT2D eigenvalue weighted by Crippen LogP contribution is -2.34. The first kappa shape index (κ1) is 17.2. The number of aromatic nitrogens is 3. The van der Waals surface area contributed by atoms with Gasteiger partial charge in [-0.1, -0.05) is 30.3 Å². The van der Waals surface area contributed by atoms with Gasteiger partial charge in [-0.05, 0) is 36.8 Å². The monoisotopic (exact) mass is 346 g/mol. The van der Waals surface area contributed by atoms with E-state index >= 15 is 0 Å². The van der Waals surface area contributed by atoms with E-state index in [1.165, 1.54) is 0 Å². The van der Waals surface area contributed by atoms with E-state index in [1.807, 2.05) is 37.3 Å². The standard InChI is InChI=1S/C19H18N6O/c1-13-22-19(25-24-13)18(15-5-3-2-4-6-15)23-17(26)12-21-16-9-7-14(11-20)8-10-16/h2-10,18,21H,12H2,1H3,(H,23,26)(H,22,24,25)/t18-/m0/s1.